The number of fused-ring (bicyclic) bond motifs is 1. The van der Waals surface area contributed by atoms with E-state index in [1.807, 2.05) is 38.1 Å². The van der Waals surface area contributed by atoms with Gasteiger partial charge in [0.2, 0.25) is 11.8 Å². The van der Waals surface area contributed by atoms with Crippen LogP contribution in [0.2, 0.25) is 0 Å². The van der Waals surface area contributed by atoms with Gasteiger partial charge in [-0.1, -0.05) is 12.1 Å². The predicted octanol–water partition coefficient (Wildman–Crippen LogP) is 0.763. The molecule has 0 aromatic heterocycles. The SMILES string of the molecule is CC(C)Oc1ccccc1N1CCN(CC(O)CN2C(=O)C3CC(O)C(F)CC3C2=O)CC1.O=C(O)C=CC(=O)O. The molecular formula is C28H38FN3O9. The van der Waals surface area contributed by atoms with Crippen molar-refractivity contribution in [2.24, 2.45) is 11.8 Å². The molecule has 12 nitrogen and oxygen atoms in total. The molecule has 1 saturated carbocycles. The van der Waals surface area contributed by atoms with Crippen LogP contribution in [-0.2, 0) is 19.2 Å². The fourth-order valence-electron chi connectivity index (χ4n) is 5.32. The second-order valence-corrected chi connectivity index (χ2v) is 10.6. The van der Waals surface area contributed by atoms with E-state index >= 15 is 0 Å². The Morgan fingerprint density at radius 2 is 1.54 bits per heavy atom. The number of benzene rings is 1. The van der Waals surface area contributed by atoms with Crippen LogP contribution in [0.3, 0.4) is 0 Å². The molecule has 1 aliphatic carbocycles. The minimum Gasteiger partial charge on any atom is -0.489 e. The average molecular weight is 580 g/mol. The van der Waals surface area contributed by atoms with Crippen LogP contribution in [0.15, 0.2) is 36.4 Å². The van der Waals surface area contributed by atoms with Crippen LogP contribution in [0.25, 0.3) is 0 Å². The lowest BCUT2D eigenvalue weighted by Gasteiger charge is -2.37. The van der Waals surface area contributed by atoms with E-state index in [4.69, 9.17) is 14.9 Å². The summed E-state index contributed by atoms with van der Waals surface area (Å²) in [4.78, 5) is 49.9. The van der Waals surface area contributed by atoms with Crippen LogP contribution in [-0.4, -0.2) is 118 Å². The Kier molecular flexibility index (Phi) is 11.2. The number of para-hydroxylation sites is 2. The van der Waals surface area contributed by atoms with Crippen molar-refractivity contribution in [2.75, 3.05) is 44.2 Å². The quantitative estimate of drug-likeness (QED) is 0.241. The van der Waals surface area contributed by atoms with Crippen LogP contribution >= 0.6 is 0 Å². The van der Waals surface area contributed by atoms with Crippen molar-refractivity contribution >= 4 is 29.4 Å². The Hall–Kier alpha value is -3.55. The largest absolute Gasteiger partial charge is 0.489 e. The maximum atomic E-state index is 13.9. The molecule has 13 heteroatoms. The normalized spacial score (nSPS) is 25.6. The highest BCUT2D eigenvalue weighted by Crippen LogP contribution is 2.39. The third-order valence-electron chi connectivity index (χ3n) is 7.22. The maximum absolute atomic E-state index is 13.9. The number of amides is 2. The van der Waals surface area contributed by atoms with Crippen LogP contribution in [0, 0.1) is 11.8 Å². The zero-order valence-corrected chi connectivity index (χ0v) is 23.1. The number of halogens is 1. The number of carboxylic acids is 2. The van der Waals surface area contributed by atoms with Crippen LogP contribution in [0.5, 0.6) is 5.75 Å². The van der Waals surface area contributed by atoms with Gasteiger partial charge in [0.05, 0.1) is 42.4 Å². The molecule has 2 aliphatic heterocycles. The monoisotopic (exact) mass is 579 g/mol. The fraction of sp³-hybridized carbons (Fsp3) is 0.571. The van der Waals surface area contributed by atoms with E-state index in [-0.39, 0.29) is 25.5 Å². The van der Waals surface area contributed by atoms with Crippen molar-refractivity contribution in [2.45, 2.75) is 51.2 Å². The van der Waals surface area contributed by atoms with E-state index in [0.29, 0.717) is 18.7 Å². The first kappa shape index (κ1) is 32.0. The Balaban J connectivity index is 0.000000507. The van der Waals surface area contributed by atoms with E-state index in [1.54, 1.807) is 0 Å². The van der Waals surface area contributed by atoms with Crippen LogP contribution < -0.4 is 9.64 Å². The number of imide groups is 1. The first-order valence-electron chi connectivity index (χ1n) is 13.6. The van der Waals surface area contributed by atoms with E-state index in [1.165, 1.54) is 0 Å². The van der Waals surface area contributed by atoms with E-state index < -0.39 is 54.0 Å². The third-order valence-corrected chi connectivity index (χ3v) is 7.22. The van der Waals surface area contributed by atoms with Crippen molar-refractivity contribution in [1.82, 2.24) is 9.80 Å². The van der Waals surface area contributed by atoms with Gasteiger partial charge in [-0.2, -0.15) is 0 Å². The van der Waals surface area contributed by atoms with E-state index in [0.717, 1.165) is 42.5 Å². The molecule has 5 atom stereocenters. The number of carbonyl (C=O) groups excluding carboxylic acids is 2. The summed E-state index contributed by atoms with van der Waals surface area (Å²) < 4.78 is 19.8. The van der Waals surface area contributed by atoms with Gasteiger partial charge in [-0.3, -0.25) is 19.4 Å². The van der Waals surface area contributed by atoms with E-state index in [9.17, 15) is 33.8 Å². The number of carbonyl (C=O) groups is 4. The number of ether oxygens (including phenoxy) is 1. The molecule has 0 bridgehead atoms. The number of hydrogen-bond donors (Lipinski definition) is 4. The first-order valence-corrected chi connectivity index (χ1v) is 13.6. The summed E-state index contributed by atoms with van der Waals surface area (Å²) in [6.07, 6.45) is -2.54. The summed E-state index contributed by atoms with van der Waals surface area (Å²) >= 11 is 0. The Bertz CT molecular complexity index is 1080. The van der Waals surface area contributed by atoms with Gasteiger partial charge in [-0.15, -0.1) is 0 Å². The maximum Gasteiger partial charge on any atom is 0.328 e. The van der Waals surface area contributed by atoms with E-state index in [2.05, 4.69) is 9.80 Å². The fourth-order valence-corrected chi connectivity index (χ4v) is 5.32. The number of anilines is 1. The van der Waals surface area contributed by atoms with Crippen molar-refractivity contribution in [3.8, 4) is 5.75 Å². The molecular weight excluding hydrogens is 541 g/mol. The molecule has 2 amide bonds. The second kappa shape index (κ2) is 14.4. The molecule has 2 heterocycles. The van der Waals surface area contributed by atoms with Crippen molar-refractivity contribution in [3.63, 3.8) is 0 Å². The predicted molar refractivity (Wildman–Crippen MR) is 145 cm³/mol. The molecule has 41 heavy (non-hydrogen) atoms. The number of alkyl halides is 1. The number of rotatable bonds is 9. The van der Waals surface area contributed by atoms with Gasteiger partial charge in [-0.05, 0) is 38.8 Å². The molecule has 1 aromatic rings. The topological polar surface area (TPSA) is 168 Å². The molecule has 5 unspecified atom stereocenters. The van der Waals surface area contributed by atoms with Crippen molar-refractivity contribution in [1.29, 1.82) is 0 Å². The van der Waals surface area contributed by atoms with Gasteiger partial charge in [0.15, 0.2) is 0 Å². The minimum absolute atomic E-state index is 0.0348. The lowest BCUT2D eigenvalue weighted by atomic mass is 9.78. The zero-order valence-electron chi connectivity index (χ0n) is 23.1. The summed E-state index contributed by atoms with van der Waals surface area (Å²) in [6.45, 7) is 7.25. The molecule has 0 spiro atoms. The highest BCUT2D eigenvalue weighted by atomic mass is 19.1. The van der Waals surface area contributed by atoms with Gasteiger partial charge in [0.25, 0.3) is 0 Å². The highest BCUT2D eigenvalue weighted by molar-refractivity contribution is 6.05. The molecule has 2 saturated heterocycles. The summed E-state index contributed by atoms with van der Waals surface area (Å²) in [5.41, 5.74) is 1.05. The second-order valence-electron chi connectivity index (χ2n) is 10.6. The number of aliphatic hydroxyl groups excluding tert-OH is 2. The molecule has 3 fully saturated rings. The highest BCUT2D eigenvalue weighted by Gasteiger charge is 2.52. The molecule has 1 aromatic carbocycles. The van der Waals surface area contributed by atoms with Crippen LogP contribution in [0.1, 0.15) is 26.7 Å². The molecule has 4 rings (SSSR count). The first-order chi connectivity index (χ1) is 19.4. The number of aliphatic hydroxyl groups is 2. The van der Waals surface area contributed by atoms with Gasteiger partial charge >= 0.3 is 11.9 Å². The summed E-state index contributed by atoms with van der Waals surface area (Å²) in [5, 5.41) is 36.0. The lowest BCUT2D eigenvalue weighted by Crippen LogP contribution is -2.50. The number of nitrogens with zero attached hydrogens (tertiary/aromatic N) is 3. The Morgan fingerprint density at radius 3 is 2.10 bits per heavy atom. The minimum atomic E-state index is -1.49. The van der Waals surface area contributed by atoms with Gasteiger partial charge in [0.1, 0.15) is 11.9 Å². The smallest absolute Gasteiger partial charge is 0.328 e. The number of piperazine rings is 1. The Morgan fingerprint density at radius 1 is 0.976 bits per heavy atom. The number of likely N-dealkylation sites (tertiary alicyclic amines) is 1. The third kappa shape index (κ3) is 8.72. The van der Waals surface area contributed by atoms with Crippen molar-refractivity contribution < 1.29 is 48.7 Å². The van der Waals surface area contributed by atoms with Gasteiger partial charge < -0.3 is 30.1 Å². The number of hydrogen-bond acceptors (Lipinski definition) is 9. The molecule has 4 N–H and O–H groups in total. The van der Waals surface area contributed by atoms with Gasteiger partial charge in [0, 0.05) is 44.9 Å². The zero-order chi connectivity index (χ0) is 30.3. The molecule has 226 valence electrons. The van der Waals surface area contributed by atoms with Gasteiger partial charge in [-0.25, -0.2) is 14.0 Å². The van der Waals surface area contributed by atoms with Crippen molar-refractivity contribution in [3.05, 3.63) is 36.4 Å². The average Bonchev–Trinajstić information content (AvgIpc) is 3.12. The Labute approximate surface area is 237 Å². The summed E-state index contributed by atoms with van der Waals surface area (Å²) in [7, 11) is 0. The molecule has 0 radical (unpaired) electrons. The lowest BCUT2D eigenvalue weighted by molar-refractivity contribution is -0.142. The number of carboxylic acid groups (broad SMARTS) is 2. The number of β-amino-alcohol motifs (C(OH)–C–C–N with tert-alkyl or cyclic N) is 1. The van der Waals surface area contributed by atoms with Crippen LogP contribution in [0.4, 0.5) is 10.1 Å². The summed E-state index contributed by atoms with van der Waals surface area (Å²) in [6, 6.07) is 7.96. The summed E-state index contributed by atoms with van der Waals surface area (Å²) in [5.74, 6) is -3.89. The number of aliphatic carboxylic acids is 2. The molecule has 3 aliphatic rings. The standard InChI is InChI=1S/C24H34FN3O5.C4H4O4/c1-15(2)33-22-6-4-3-5-20(22)27-9-7-26(8-10-27)13-16(29)14-28-23(31)17-11-19(25)21(30)12-18(17)24(28)32;5-3(6)1-2-4(7)8/h3-6,15-19,21,29-30H,7-14H2,1-2H3;1-2H,(H,5,6)(H,7,8).